The van der Waals surface area contributed by atoms with Crippen molar-refractivity contribution in [3.63, 3.8) is 0 Å². The SMILES string of the molecule is Cc1nnnn1[C@@H](Cc1ccccc1)C(=O)Nc1nc2ccccc2[nH]1. The monoisotopic (exact) mass is 347 g/mol. The molecule has 0 saturated heterocycles. The minimum Gasteiger partial charge on any atom is -0.324 e. The molecule has 1 amide bonds. The van der Waals surface area contributed by atoms with Gasteiger partial charge >= 0.3 is 0 Å². The van der Waals surface area contributed by atoms with Crippen LogP contribution in [0.15, 0.2) is 54.6 Å². The molecule has 0 saturated carbocycles. The molecule has 130 valence electrons. The number of carbonyl (C=O) groups is 1. The van der Waals surface area contributed by atoms with Crippen LogP contribution in [0.4, 0.5) is 5.95 Å². The fourth-order valence-corrected chi connectivity index (χ4v) is 2.87. The number of hydrogen-bond donors (Lipinski definition) is 2. The van der Waals surface area contributed by atoms with Crippen LogP contribution in [0, 0.1) is 6.92 Å². The van der Waals surface area contributed by atoms with E-state index in [1.807, 2.05) is 54.6 Å². The van der Waals surface area contributed by atoms with Crippen LogP contribution in [0.5, 0.6) is 0 Å². The smallest absolute Gasteiger partial charge is 0.252 e. The lowest BCUT2D eigenvalue weighted by atomic mass is 10.1. The fraction of sp³-hybridized carbons (Fsp3) is 0.167. The van der Waals surface area contributed by atoms with Gasteiger partial charge in [-0.2, -0.15) is 0 Å². The van der Waals surface area contributed by atoms with Crippen LogP contribution in [-0.4, -0.2) is 36.1 Å². The summed E-state index contributed by atoms with van der Waals surface area (Å²) < 4.78 is 1.53. The molecule has 0 radical (unpaired) electrons. The Hall–Kier alpha value is -3.55. The summed E-state index contributed by atoms with van der Waals surface area (Å²) in [6.07, 6.45) is 0.471. The van der Waals surface area contributed by atoms with Gasteiger partial charge in [0.15, 0.2) is 0 Å². The van der Waals surface area contributed by atoms with Crippen molar-refractivity contribution >= 4 is 22.9 Å². The summed E-state index contributed by atoms with van der Waals surface area (Å²) in [5.41, 5.74) is 2.68. The standard InChI is InChI=1S/C18H17N7O/c1-12-22-23-24-25(12)16(11-13-7-3-2-4-8-13)17(26)21-18-19-14-9-5-6-10-15(14)20-18/h2-10,16H,11H2,1H3,(H2,19,20,21,26)/t16-/m0/s1. The number of carbonyl (C=O) groups excluding carboxylic acids is 1. The van der Waals surface area contributed by atoms with E-state index in [1.54, 1.807) is 6.92 Å². The Balaban J connectivity index is 1.62. The van der Waals surface area contributed by atoms with Crippen molar-refractivity contribution in [2.45, 2.75) is 19.4 Å². The molecule has 0 unspecified atom stereocenters. The van der Waals surface area contributed by atoms with Crippen LogP contribution >= 0.6 is 0 Å². The van der Waals surface area contributed by atoms with Gasteiger partial charge in [-0.1, -0.05) is 42.5 Å². The Labute approximate surface area is 149 Å². The molecular weight excluding hydrogens is 330 g/mol. The number of tetrazole rings is 1. The summed E-state index contributed by atoms with van der Waals surface area (Å²) in [6, 6.07) is 16.8. The highest BCUT2D eigenvalue weighted by atomic mass is 16.2. The lowest BCUT2D eigenvalue weighted by Gasteiger charge is -2.16. The molecule has 4 rings (SSSR count). The average molecular weight is 347 g/mol. The molecule has 26 heavy (non-hydrogen) atoms. The first-order valence-electron chi connectivity index (χ1n) is 8.25. The molecule has 0 aliphatic heterocycles. The van der Waals surface area contributed by atoms with Crippen molar-refractivity contribution in [1.82, 2.24) is 30.2 Å². The van der Waals surface area contributed by atoms with Crippen LogP contribution in [0.3, 0.4) is 0 Å². The largest absolute Gasteiger partial charge is 0.324 e. The highest BCUT2D eigenvalue weighted by Crippen LogP contribution is 2.18. The Morgan fingerprint density at radius 2 is 1.92 bits per heavy atom. The molecule has 0 aliphatic rings. The van der Waals surface area contributed by atoms with E-state index in [-0.39, 0.29) is 5.91 Å². The normalized spacial score (nSPS) is 12.2. The first-order valence-corrected chi connectivity index (χ1v) is 8.25. The second-order valence-corrected chi connectivity index (χ2v) is 5.97. The molecule has 2 heterocycles. The minimum absolute atomic E-state index is 0.233. The quantitative estimate of drug-likeness (QED) is 0.577. The third-order valence-corrected chi connectivity index (χ3v) is 4.16. The number of aromatic amines is 1. The molecular formula is C18H17N7O. The van der Waals surface area contributed by atoms with Gasteiger partial charge in [-0.3, -0.25) is 10.1 Å². The number of nitrogens with one attached hydrogen (secondary N) is 2. The highest BCUT2D eigenvalue weighted by molar-refractivity contribution is 5.93. The van der Waals surface area contributed by atoms with Crippen molar-refractivity contribution in [2.75, 3.05) is 5.32 Å². The number of para-hydroxylation sites is 2. The molecule has 0 fully saturated rings. The third-order valence-electron chi connectivity index (χ3n) is 4.16. The number of amides is 1. The van der Waals surface area contributed by atoms with Crippen molar-refractivity contribution in [3.8, 4) is 0 Å². The number of benzene rings is 2. The zero-order valence-corrected chi connectivity index (χ0v) is 14.1. The summed E-state index contributed by atoms with van der Waals surface area (Å²) in [4.78, 5) is 20.5. The molecule has 2 aromatic heterocycles. The molecule has 0 bridgehead atoms. The number of aromatic nitrogens is 6. The van der Waals surface area contributed by atoms with Crippen molar-refractivity contribution < 1.29 is 4.79 Å². The number of rotatable bonds is 5. The molecule has 4 aromatic rings. The van der Waals surface area contributed by atoms with E-state index < -0.39 is 6.04 Å². The summed E-state index contributed by atoms with van der Waals surface area (Å²) in [5, 5.41) is 14.4. The zero-order chi connectivity index (χ0) is 17.9. The van der Waals surface area contributed by atoms with Gasteiger partial charge in [0.25, 0.3) is 5.91 Å². The number of aryl methyl sites for hydroxylation is 1. The van der Waals surface area contributed by atoms with Gasteiger partial charge in [0, 0.05) is 6.42 Å². The van der Waals surface area contributed by atoms with E-state index in [0.29, 0.717) is 18.2 Å². The maximum atomic E-state index is 13.0. The van der Waals surface area contributed by atoms with Crippen LogP contribution < -0.4 is 5.32 Å². The van der Waals surface area contributed by atoms with E-state index >= 15 is 0 Å². The van der Waals surface area contributed by atoms with Gasteiger partial charge in [-0.05, 0) is 35.0 Å². The highest BCUT2D eigenvalue weighted by Gasteiger charge is 2.25. The summed E-state index contributed by atoms with van der Waals surface area (Å²) in [5.74, 6) is 0.744. The maximum absolute atomic E-state index is 13.0. The molecule has 1 atom stereocenters. The van der Waals surface area contributed by atoms with Gasteiger partial charge in [0.1, 0.15) is 11.9 Å². The van der Waals surface area contributed by atoms with Crippen LogP contribution in [0.1, 0.15) is 17.4 Å². The number of anilines is 1. The maximum Gasteiger partial charge on any atom is 0.252 e. The predicted molar refractivity (Wildman–Crippen MR) is 96.5 cm³/mol. The fourth-order valence-electron chi connectivity index (χ4n) is 2.87. The molecule has 8 nitrogen and oxygen atoms in total. The molecule has 0 aliphatic carbocycles. The number of fused-ring (bicyclic) bond motifs is 1. The number of H-pyrrole nitrogens is 1. The number of hydrogen-bond acceptors (Lipinski definition) is 5. The van der Waals surface area contributed by atoms with Crippen molar-refractivity contribution in [2.24, 2.45) is 0 Å². The molecule has 8 heteroatoms. The Morgan fingerprint density at radius 3 is 2.65 bits per heavy atom. The molecule has 0 spiro atoms. The van der Waals surface area contributed by atoms with Gasteiger partial charge in [-0.25, -0.2) is 9.67 Å². The Morgan fingerprint density at radius 1 is 1.15 bits per heavy atom. The van der Waals surface area contributed by atoms with Crippen LogP contribution in [0.2, 0.25) is 0 Å². The number of imidazole rings is 1. The summed E-state index contributed by atoms with van der Waals surface area (Å²) in [6.45, 7) is 1.77. The van der Waals surface area contributed by atoms with Crippen molar-refractivity contribution in [3.05, 3.63) is 66.0 Å². The molecule has 2 N–H and O–H groups in total. The second kappa shape index (κ2) is 6.75. The van der Waals surface area contributed by atoms with Gasteiger partial charge in [0.2, 0.25) is 5.95 Å². The summed E-state index contributed by atoms with van der Waals surface area (Å²) in [7, 11) is 0. The second-order valence-electron chi connectivity index (χ2n) is 5.97. The predicted octanol–water partition coefficient (Wildman–Crippen LogP) is 2.28. The van der Waals surface area contributed by atoms with E-state index in [4.69, 9.17) is 0 Å². The minimum atomic E-state index is -0.583. The first kappa shape index (κ1) is 15.9. The van der Waals surface area contributed by atoms with Gasteiger partial charge in [0.05, 0.1) is 11.0 Å². The third kappa shape index (κ3) is 3.16. The topological polar surface area (TPSA) is 101 Å². The van der Waals surface area contributed by atoms with Gasteiger partial charge in [-0.15, -0.1) is 5.10 Å². The van der Waals surface area contributed by atoms with Crippen LogP contribution in [0.25, 0.3) is 11.0 Å². The molecule has 2 aromatic carbocycles. The summed E-state index contributed by atoms with van der Waals surface area (Å²) >= 11 is 0. The van der Waals surface area contributed by atoms with Crippen molar-refractivity contribution in [1.29, 1.82) is 0 Å². The van der Waals surface area contributed by atoms with Gasteiger partial charge < -0.3 is 4.98 Å². The van der Waals surface area contributed by atoms with E-state index in [0.717, 1.165) is 16.6 Å². The lowest BCUT2D eigenvalue weighted by Crippen LogP contribution is -2.29. The van der Waals surface area contributed by atoms with E-state index in [2.05, 4.69) is 30.8 Å². The Bertz CT molecular complexity index is 1000. The average Bonchev–Trinajstić information content (AvgIpc) is 3.25. The Kier molecular flexibility index (Phi) is 4.14. The van der Waals surface area contributed by atoms with Crippen LogP contribution in [-0.2, 0) is 11.2 Å². The zero-order valence-electron chi connectivity index (χ0n) is 14.1. The first-order chi connectivity index (χ1) is 12.7. The lowest BCUT2D eigenvalue weighted by molar-refractivity contribution is -0.119. The van der Waals surface area contributed by atoms with E-state index in [9.17, 15) is 4.79 Å². The van der Waals surface area contributed by atoms with E-state index in [1.165, 1.54) is 4.68 Å². The number of nitrogens with zero attached hydrogens (tertiary/aromatic N) is 5.